The summed E-state index contributed by atoms with van der Waals surface area (Å²) in [7, 11) is 0. The van der Waals surface area contributed by atoms with Crippen LogP contribution in [0.15, 0.2) is 23.2 Å². The van der Waals surface area contributed by atoms with E-state index in [-0.39, 0.29) is 6.09 Å². The molecule has 1 aromatic rings. The van der Waals surface area contributed by atoms with Crippen LogP contribution in [0.4, 0.5) is 10.5 Å². The number of fused-ring (bicyclic) bond motifs is 1. The van der Waals surface area contributed by atoms with Gasteiger partial charge in [-0.15, -0.1) is 0 Å². The van der Waals surface area contributed by atoms with Crippen LogP contribution >= 0.6 is 0 Å². The van der Waals surface area contributed by atoms with Gasteiger partial charge < -0.3 is 4.74 Å². The fourth-order valence-electron chi connectivity index (χ4n) is 2.18. The molecule has 2 rings (SSSR count). The molecule has 0 saturated heterocycles. The van der Waals surface area contributed by atoms with Gasteiger partial charge >= 0.3 is 6.09 Å². The summed E-state index contributed by atoms with van der Waals surface area (Å²) in [4.78, 5) is 27.4. The van der Waals surface area contributed by atoms with Gasteiger partial charge in [0.2, 0.25) is 6.08 Å². The Labute approximate surface area is 118 Å². The maximum absolute atomic E-state index is 12.1. The largest absolute Gasteiger partial charge is 0.443 e. The van der Waals surface area contributed by atoms with Gasteiger partial charge in [-0.25, -0.2) is 14.6 Å². The molecule has 1 heterocycles. The van der Waals surface area contributed by atoms with E-state index in [4.69, 9.17) is 4.74 Å². The summed E-state index contributed by atoms with van der Waals surface area (Å²) in [5.41, 5.74) is 2.39. The zero-order valence-electron chi connectivity index (χ0n) is 12.0. The second-order valence-electron chi connectivity index (χ2n) is 5.75. The quantitative estimate of drug-likeness (QED) is 0.615. The van der Waals surface area contributed by atoms with E-state index in [9.17, 15) is 9.59 Å². The second kappa shape index (κ2) is 5.47. The lowest BCUT2D eigenvalue weighted by molar-refractivity contribution is 0.0584. The van der Waals surface area contributed by atoms with Gasteiger partial charge in [0.15, 0.2) is 0 Å². The molecule has 1 amide bonds. The van der Waals surface area contributed by atoms with Crippen molar-refractivity contribution in [3.05, 3.63) is 29.3 Å². The van der Waals surface area contributed by atoms with Crippen LogP contribution in [0.1, 0.15) is 31.9 Å². The van der Waals surface area contributed by atoms with E-state index in [2.05, 4.69) is 4.99 Å². The van der Waals surface area contributed by atoms with Crippen LogP contribution in [0.25, 0.3) is 0 Å². The molecule has 106 valence electrons. The van der Waals surface area contributed by atoms with E-state index in [0.717, 1.165) is 23.2 Å². The fraction of sp³-hybridized carbons (Fsp3) is 0.467. The van der Waals surface area contributed by atoms with Gasteiger partial charge in [0.05, 0.1) is 12.2 Å². The maximum Gasteiger partial charge on any atom is 0.414 e. The average Bonchev–Trinajstić information content (AvgIpc) is 2.77. The number of aliphatic imine (C=N–C) groups is 1. The van der Waals surface area contributed by atoms with Gasteiger partial charge in [0.25, 0.3) is 0 Å². The molecular weight excluding hydrogens is 256 g/mol. The van der Waals surface area contributed by atoms with Crippen molar-refractivity contribution < 1.29 is 14.3 Å². The summed E-state index contributed by atoms with van der Waals surface area (Å²) < 4.78 is 5.39. The number of rotatable bonds is 2. The minimum Gasteiger partial charge on any atom is -0.443 e. The van der Waals surface area contributed by atoms with Crippen molar-refractivity contribution in [1.82, 2.24) is 0 Å². The Hall–Kier alpha value is -2.13. The van der Waals surface area contributed by atoms with Crippen LogP contribution in [0.5, 0.6) is 0 Å². The predicted octanol–water partition coefficient (Wildman–Crippen LogP) is 2.82. The lowest BCUT2D eigenvalue weighted by atomic mass is 10.1. The van der Waals surface area contributed by atoms with Crippen LogP contribution in [-0.2, 0) is 22.5 Å². The molecular formula is C15H18N2O3. The van der Waals surface area contributed by atoms with E-state index in [1.54, 1.807) is 4.90 Å². The van der Waals surface area contributed by atoms with Crippen molar-refractivity contribution in [2.45, 2.75) is 39.3 Å². The SMILES string of the molecule is CC(C)(C)OC(=O)N1CCc2cc(CN=C=O)ccc21. The molecule has 1 aromatic carbocycles. The smallest absolute Gasteiger partial charge is 0.414 e. The van der Waals surface area contributed by atoms with E-state index in [0.29, 0.717) is 13.1 Å². The number of hydrogen-bond acceptors (Lipinski definition) is 4. The molecule has 0 fully saturated rings. The van der Waals surface area contributed by atoms with Crippen molar-refractivity contribution in [2.24, 2.45) is 4.99 Å². The van der Waals surface area contributed by atoms with Crippen molar-refractivity contribution in [3.63, 3.8) is 0 Å². The number of ether oxygens (including phenoxy) is 1. The number of benzene rings is 1. The minimum absolute atomic E-state index is 0.323. The highest BCUT2D eigenvalue weighted by Crippen LogP contribution is 2.30. The third-order valence-electron chi connectivity index (χ3n) is 2.98. The number of nitrogens with zero attached hydrogens (tertiary/aromatic N) is 2. The van der Waals surface area contributed by atoms with Gasteiger partial charge in [-0.3, -0.25) is 4.90 Å². The zero-order valence-corrected chi connectivity index (χ0v) is 12.0. The molecule has 20 heavy (non-hydrogen) atoms. The Bertz CT molecular complexity index is 569. The number of hydrogen-bond donors (Lipinski definition) is 0. The van der Waals surface area contributed by atoms with E-state index < -0.39 is 5.60 Å². The van der Waals surface area contributed by atoms with E-state index in [1.165, 1.54) is 6.08 Å². The van der Waals surface area contributed by atoms with Gasteiger partial charge in [-0.1, -0.05) is 12.1 Å². The van der Waals surface area contributed by atoms with Crippen molar-refractivity contribution in [2.75, 3.05) is 11.4 Å². The fourth-order valence-corrected chi connectivity index (χ4v) is 2.18. The number of carbonyl (C=O) groups excluding carboxylic acids is 2. The summed E-state index contributed by atoms with van der Waals surface area (Å²) in [6.07, 6.45) is 1.99. The van der Waals surface area contributed by atoms with Crippen molar-refractivity contribution >= 4 is 17.9 Å². The van der Waals surface area contributed by atoms with Crippen LogP contribution in [0, 0.1) is 0 Å². The molecule has 0 spiro atoms. The molecule has 0 bridgehead atoms. The van der Waals surface area contributed by atoms with Gasteiger partial charge in [0.1, 0.15) is 5.60 Å². The molecule has 0 radical (unpaired) electrons. The number of carbonyl (C=O) groups is 1. The summed E-state index contributed by atoms with van der Waals surface area (Å²) in [5.74, 6) is 0. The Morgan fingerprint density at radius 2 is 2.20 bits per heavy atom. The molecule has 0 aromatic heterocycles. The summed E-state index contributed by atoms with van der Waals surface area (Å²) in [5, 5.41) is 0. The Morgan fingerprint density at radius 1 is 1.45 bits per heavy atom. The molecule has 5 nitrogen and oxygen atoms in total. The zero-order chi connectivity index (χ0) is 14.8. The lowest BCUT2D eigenvalue weighted by Crippen LogP contribution is -2.35. The maximum atomic E-state index is 12.1. The molecule has 1 aliphatic heterocycles. The molecule has 0 atom stereocenters. The minimum atomic E-state index is -0.502. The van der Waals surface area contributed by atoms with Crippen LogP contribution in [0.2, 0.25) is 0 Å². The number of amides is 1. The van der Waals surface area contributed by atoms with Crippen LogP contribution < -0.4 is 4.90 Å². The average molecular weight is 274 g/mol. The first-order valence-electron chi connectivity index (χ1n) is 6.56. The molecule has 1 aliphatic rings. The summed E-state index contributed by atoms with van der Waals surface area (Å²) in [6.45, 7) is 6.49. The second-order valence-corrected chi connectivity index (χ2v) is 5.75. The first-order valence-corrected chi connectivity index (χ1v) is 6.56. The standard InChI is InChI=1S/C15H18N2O3/c1-15(2,3)20-14(19)17-7-6-12-8-11(9-16-10-18)4-5-13(12)17/h4-5,8H,6-7,9H2,1-3H3. The first kappa shape index (κ1) is 14.3. The Balaban J connectivity index is 2.17. The highest BCUT2D eigenvalue weighted by molar-refractivity contribution is 5.90. The molecule has 0 N–H and O–H groups in total. The van der Waals surface area contributed by atoms with E-state index >= 15 is 0 Å². The van der Waals surface area contributed by atoms with Gasteiger partial charge in [-0.05, 0) is 44.4 Å². The first-order chi connectivity index (χ1) is 9.40. The third-order valence-corrected chi connectivity index (χ3v) is 2.98. The Morgan fingerprint density at radius 3 is 2.85 bits per heavy atom. The third kappa shape index (κ3) is 3.25. The summed E-state index contributed by atoms with van der Waals surface area (Å²) in [6, 6.07) is 5.71. The van der Waals surface area contributed by atoms with Crippen LogP contribution in [-0.4, -0.2) is 24.3 Å². The predicted molar refractivity (Wildman–Crippen MR) is 75.6 cm³/mol. The molecule has 0 aliphatic carbocycles. The van der Waals surface area contributed by atoms with E-state index in [1.807, 2.05) is 39.0 Å². The highest BCUT2D eigenvalue weighted by atomic mass is 16.6. The normalized spacial score (nSPS) is 13.7. The highest BCUT2D eigenvalue weighted by Gasteiger charge is 2.28. The molecule has 0 saturated carbocycles. The number of anilines is 1. The number of isocyanates is 1. The van der Waals surface area contributed by atoms with Crippen LogP contribution in [0.3, 0.4) is 0 Å². The molecule has 5 heteroatoms. The van der Waals surface area contributed by atoms with Crippen molar-refractivity contribution in [1.29, 1.82) is 0 Å². The lowest BCUT2D eigenvalue weighted by Gasteiger charge is -2.24. The Kier molecular flexibility index (Phi) is 3.91. The summed E-state index contributed by atoms with van der Waals surface area (Å²) >= 11 is 0. The topological polar surface area (TPSA) is 59.0 Å². The van der Waals surface area contributed by atoms with Gasteiger partial charge in [0, 0.05) is 6.54 Å². The van der Waals surface area contributed by atoms with Gasteiger partial charge in [-0.2, -0.15) is 0 Å². The monoisotopic (exact) mass is 274 g/mol. The van der Waals surface area contributed by atoms with Crippen molar-refractivity contribution in [3.8, 4) is 0 Å². The molecule has 0 unspecified atom stereocenters.